The molecule has 0 aliphatic carbocycles. The van der Waals surface area contributed by atoms with Crippen LogP contribution in [0, 0.1) is 11.8 Å². The maximum Gasteiger partial charge on any atom is 0.265 e. The monoisotopic (exact) mass is 468 g/mol. The number of hydrogen-bond donors (Lipinski definition) is 1. The van der Waals surface area contributed by atoms with Crippen molar-refractivity contribution in [3.05, 3.63) is 52.2 Å². The summed E-state index contributed by atoms with van der Waals surface area (Å²) in [6.07, 6.45) is 1.18. The SMILES string of the molecule is C[C@@H]1C[C@H](C)CN(C(=O)CN2CCN(C(=O)c3cccc(NC(=O)c4cccs4)c3)CC2)C1. The molecule has 2 fully saturated rings. The van der Waals surface area contributed by atoms with Gasteiger partial charge in [-0.05, 0) is 47.9 Å². The highest BCUT2D eigenvalue weighted by atomic mass is 32.1. The van der Waals surface area contributed by atoms with Crippen LogP contribution in [0.3, 0.4) is 0 Å². The van der Waals surface area contributed by atoms with Gasteiger partial charge in [0.2, 0.25) is 5.91 Å². The van der Waals surface area contributed by atoms with Gasteiger partial charge in [-0.1, -0.05) is 26.0 Å². The van der Waals surface area contributed by atoms with Gasteiger partial charge in [0.1, 0.15) is 0 Å². The summed E-state index contributed by atoms with van der Waals surface area (Å²) in [5.41, 5.74) is 1.16. The van der Waals surface area contributed by atoms with E-state index in [4.69, 9.17) is 0 Å². The van der Waals surface area contributed by atoms with Crippen molar-refractivity contribution in [1.82, 2.24) is 14.7 Å². The van der Waals surface area contributed by atoms with Gasteiger partial charge in [0.05, 0.1) is 11.4 Å². The van der Waals surface area contributed by atoms with Gasteiger partial charge in [-0.2, -0.15) is 0 Å². The average molecular weight is 469 g/mol. The van der Waals surface area contributed by atoms with E-state index in [9.17, 15) is 14.4 Å². The first-order valence-corrected chi connectivity index (χ1v) is 12.5. The van der Waals surface area contributed by atoms with Crippen molar-refractivity contribution in [2.75, 3.05) is 51.1 Å². The van der Waals surface area contributed by atoms with Gasteiger partial charge in [0, 0.05) is 50.5 Å². The van der Waals surface area contributed by atoms with Gasteiger partial charge in [0.15, 0.2) is 0 Å². The van der Waals surface area contributed by atoms with Crippen molar-refractivity contribution in [1.29, 1.82) is 0 Å². The minimum atomic E-state index is -0.176. The number of carbonyl (C=O) groups is 3. The Bertz CT molecular complexity index is 975. The molecule has 4 rings (SSSR count). The van der Waals surface area contributed by atoms with E-state index in [1.54, 1.807) is 30.3 Å². The molecule has 33 heavy (non-hydrogen) atoms. The topological polar surface area (TPSA) is 73.0 Å². The Hall–Kier alpha value is -2.71. The van der Waals surface area contributed by atoms with Crippen molar-refractivity contribution < 1.29 is 14.4 Å². The second-order valence-electron chi connectivity index (χ2n) is 9.33. The fourth-order valence-corrected chi connectivity index (χ4v) is 5.40. The van der Waals surface area contributed by atoms with Crippen molar-refractivity contribution in [2.24, 2.45) is 11.8 Å². The first-order chi connectivity index (χ1) is 15.9. The van der Waals surface area contributed by atoms with Gasteiger partial charge >= 0.3 is 0 Å². The fraction of sp³-hybridized carbons (Fsp3) is 0.480. The van der Waals surface area contributed by atoms with Crippen molar-refractivity contribution >= 4 is 34.7 Å². The minimum Gasteiger partial charge on any atom is -0.341 e. The number of amides is 3. The van der Waals surface area contributed by atoms with Crippen LogP contribution < -0.4 is 5.32 Å². The summed E-state index contributed by atoms with van der Waals surface area (Å²) in [5, 5.41) is 4.72. The van der Waals surface area contributed by atoms with Gasteiger partial charge in [-0.15, -0.1) is 11.3 Å². The Labute approximate surface area is 199 Å². The molecule has 8 heteroatoms. The standard InChI is InChI=1S/C25H32N4O3S/c1-18-13-19(2)16-29(15-18)23(30)17-27-8-10-28(11-9-27)25(32)20-5-3-6-21(14-20)26-24(31)22-7-4-12-33-22/h3-7,12,14,18-19H,8-11,13,15-17H2,1-2H3,(H,26,31)/t18-,19+. The zero-order valence-electron chi connectivity index (χ0n) is 19.3. The van der Waals surface area contributed by atoms with Crippen LogP contribution in [0.5, 0.6) is 0 Å². The molecule has 3 heterocycles. The molecule has 2 saturated heterocycles. The molecule has 0 bridgehead atoms. The maximum absolute atomic E-state index is 13.0. The third-order valence-corrected chi connectivity index (χ3v) is 7.22. The number of anilines is 1. The van der Waals surface area contributed by atoms with Gasteiger partial charge in [-0.3, -0.25) is 19.3 Å². The fourth-order valence-electron chi connectivity index (χ4n) is 4.78. The lowest BCUT2D eigenvalue weighted by Crippen LogP contribution is -2.53. The summed E-state index contributed by atoms with van der Waals surface area (Å²) in [6.45, 7) is 9.09. The van der Waals surface area contributed by atoms with E-state index in [0.717, 1.165) is 13.1 Å². The van der Waals surface area contributed by atoms with Crippen LogP contribution in [0.2, 0.25) is 0 Å². The van der Waals surface area contributed by atoms with Crippen LogP contribution in [-0.4, -0.2) is 78.2 Å². The summed E-state index contributed by atoms with van der Waals surface area (Å²) < 4.78 is 0. The predicted octanol–water partition coefficient (Wildman–Crippen LogP) is 3.26. The number of hydrogen-bond acceptors (Lipinski definition) is 5. The molecular formula is C25H32N4O3S. The quantitative estimate of drug-likeness (QED) is 0.731. The molecule has 7 nitrogen and oxygen atoms in total. The van der Waals surface area contributed by atoms with Gasteiger partial charge in [0.25, 0.3) is 11.8 Å². The number of nitrogens with zero attached hydrogens (tertiary/aromatic N) is 3. The molecule has 0 saturated carbocycles. The van der Waals surface area contributed by atoms with E-state index in [-0.39, 0.29) is 17.7 Å². The Kier molecular flexibility index (Phi) is 7.45. The molecule has 176 valence electrons. The summed E-state index contributed by atoms with van der Waals surface area (Å²) in [7, 11) is 0. The summed E-state index contributed by atoms with van der Waals surface area (Å²) in [5.74, 6) is 1.08. The van der Waals surface area contributed by atoms with Crippen LogP contribution in [-0.2, 0) is 4.79 Å². The molecule has 1 aromatic heterocycles. The van der Waals surface area contributed by atoms with Crippen molar-refractivity contribution in [3.63, 3.8) is 0 Å². The van der Waals surface area contributed by atoms with E-state index in [2.05, 4.69) is 24.1 Å². The molecular weight excluding hydrogens is 436 g/mol. The molecule has 2 aliphatic heterocycles. The second-order valence-corrected chi connectivity index (χ2v) is 10.3. The number of piperidine rings is 1. The van der Waals surface area contributed by atoms with Crippen molar-refractivity contribution in [3.8, 4) is 0 Å². The van der Waals surface area contributed by atoms with E-state index in [1.165, 1.54) is 17.8 Å². The number of carbonyl (C=O) groups excluding carboxylic acids is 3. The predicted molar refractivity (Wildman–Crippen MR) is 131 cm³/mol. The Morgan fingerprint density at radius 1 is 0.970 bits per heavy atom. The highest BCUT2D eigenvalue weighted by molar-refractivity contribution is 7.12. The lowest BCUT2D eigenvalue weighted by atomic mass is 9.92. The summed E-state index contributed by atoms with van der Waals surface area (Å²) in [6, 6.07) is 10.7. The second kappa shape index (κ2) is 10.5. The zero-order chi connectivity index (χ0) is 23.4. The maximum atomic E-state index is 13.0. The number of nitrogens with one attached hydrogen (secondary N) is 1. The van der Waals surface area contributed by atoms with Crippen molar-refractivity contribution in [2.45, 2.75) is 20.3 Å². The Morgan fingerprint density at radius 2 is 1.70 bits per heavy atom. The van der Waals surface area contributed by atoms with E-state index < -0.39 is 0 Å². The molecule has 2 atom stereocenters. The van der Waals surface area contributed by atoms with Crippen LogP contribution in [0.4, 0.5) is 5.69 Å². The van der Waals surface area contributed by atoms with Crippen LogP contribution in [0.15, 0.2) is 41.8 Å². The molecule has 3 amide bonds. The lowest BCUT2D eigenvalue weighted by molar-refractivity contribution is -0.135. The molecule has 1 N–H and O–H groups in total. The minimum absolute atomic E-state index is 0.0492. The number of piperazine rings is 1. The lowest BCUT2D eigenvalue weighted by Gasteiger charge is -2.38. The molecule has 0 radical (unpaired) electrons. The number of thiophene rings is 1. The molecule has 0 unspecified atom stereocenters. The van der Waals surface area contributed by atoms with E-state index in [0.29, 0.717) is 60.7 Å². The highest BCUT2D eigenvalue weighted by Crippen LogP contribution is 2.21. The Balaban J connectivity index is 1.28. The van der Waals surface area contributed by atoms with E-state index >= 15 is 0 Å². The number of rotatable bonds is 5. The average Bonchev–Trinajstić information content (AvgIpc) is 3.34. The third kappa shape index (κ3) is 6.00. The van der Waals surface area contributed by atoms with Crippen LogP contribution in [0.25, 0.3) is 0 Å². The molecule has 2 aromatic rings. The van der Waals surface area contributed by atoms with Gasteiger partial charge in [-0.25, -0.2) is 0 Å². The normalized spacial score (nSPS) is 21.6. The summed E-state index contributed by atoms with van der Waals surface area (Å²) in [4.78, 5) is 44.7. The third-order valence-electron chi connectivity index (χ3n) is 6.35. The first kappa shape index (κ1) is 23.4. The molecule has 2 aliphatic rings. The number of benzene rings is 1. The summed E-state index contributed by atoms with van der Waals surface area (Å²) >= 11 is 1.38. The number of likely N-dealkylation sites (tertiary alicyclic amines) is 1. The largest absolute Gasteiger partial charge is 0.341 e. The van der Waals surface area contributed by atoms with Crippen LogP contribution in [0.1, 0.15) is 40.3 Å². The smallest absolute Gasteiger partial charge is 0.265 e. The Morgan fingerprint density at radius 3 is 2.36 bits per heavy atom. The zero-order valence-corrected chi connectivity index (χ0v) is 20.1. The van der Waals surface area contributed by atoms with Crippen LogP contribution >= 0.6 is 11.3 Å². The van der Waals surface area contributed by atoms with E-state index in [1.807, 2.05) is 21.2 Å². The molecule has 0 spiro atoms. The first-order valence-electron chi connectivity index (χ1n) is 11.6. The molecule has 1 aromatic carbocycles. The highest BCUT2D eigenvalue weighted by Gasteiger charge is 2.28. The van der Waals surface area contributed by atoms with Gasteiger partial charge < -0.3 is 15.1 Å².